The fourth-order valence-corrected chi connectivity index (χ4v) is 2.79. The maximum Gasteiger partial charge on any atom is 0.0500 e. The highest BCUT2D eigenvalue weighted by Gasteiger charge is 2.30. The molecule has 0 aliphatic carbocycles. The van der Waals surface area contributed by atoms with Crippen LogP contribution in [-0.2, 0) is 0 Å². The van der Waals surface area contributed by atoms with E-state index in [1.54, 1.807) is 0 Å². The molecule has 1 aromatic rings. The fourth-order valence-electron chi connectivity index (χ4n) is 2.79. The molecule has 3 N–H and O–H groups in total. The van der Waals surface area contributed by atoms with Crippen LogP contribution in [0.1, 0.15) is 40.5 Å². The zero-order chi connectivity index (χ0) is 13.6. The predicted molar refractivity (Wildman–Crippen MR) is 80.8 cm³/mol. The van der Waals surface area contributed by atoms with Crippen molar-refractivity contribution in [1.82, 2.24) is 0 Å². The summed E-state index contributed by atoms with van der Waals surface area (Å²) in [4.78, 5) is 0. The molecule has 0 fully saturated rings. The number of hydrogen-bond acceptors (Lipinski definition) is 2. The molecule has 102 valence electrons. The highest BCUT2D eigenvalue weighted by atomic mass is 15.0. The minimum absolute atomic E-state index is 0.0175. The Hall–Kier alpha value is -1.02. The number of hydrogen-bond donors (Lipinski definition) is 2. The molecule has 0 bridgehead atoms. The van der Waals surface area contributed by atoms with Gasteiger partial charge in [-0.3, -0.25) is 0 Å². The maximum absolute atomic E-state index is 6.09. The van der Waals surface area contributed by atoms with Crippen LogP contribution < -0.4 is 11.1 Å². The monoisotopic (exact) mass is 248 g/mol. The molecule has 0 aliphatic rings. The van der Waals surface area contributed by atoms with Gasteiger partial charge in [-0.1, -0.05) is 45.9 Å². The van der Waals surface area contributed by atoms with Crippen LogP contribution in [0.4, 0.5) is 5.69 Å². The van der Waals surface area contributed by atoms with E-state index in [0.717, 1.165) is 12.8 Å². The Labute approximate surface area is 112 Å². The third-order valence-corrected chi connectivity index (χ3v) is 3.17. The Kier molecular flexibility index (Phi) is 5.67. The van der Waals surface area contributed by atoms with Crippen molar-refractivity contribution in [3.8, 4) is 0 Å². The van der Waals surface area contributed by atoms with Crippen molar-refractivity contribution in [2.24, 2.45) is 17.6 Å². The molecule has 2 nitrogen and oxygen atoms in total. The highest BCUT2D eigenvalue weighted by Crippen LogP contribution is 2.28. The van der Waals surface area contributed by atoms with E-state index in [1.165, 1.54) is 5.69 Å². The molecule has 0 saturated heterocycles. The van der Waals surface area contributed by atoms with Gasteiger partial charge in [-0.05, 0) is 36.8 Å². The third-order valence-electron chi connectivity index (χ3n) is 3.17. The summed E-state index contributed by atoms with van der Waals surface area (Å²) < 4.78 is 0. The first-order valence-electron chi connectivity index (χ1n) is 7.01. The Bertz CT molecular complexity index is 320. The molecule has 2 heteroatoms. The van der Waals surface area contributed by atoms with Crippen molar-refractivity contribution in [1.29, 1.82) is 0 Å². The van der Waals surface area contributed by atoms with Crippen LogP contribution in [0, 0.1) is 11.8 Å². The molecule has 0 aromatic heterocycles. The van der Waals surface area contributed by atoms with Gasteiger partial charge in [0.1, 0.15) is 0 Å². The number of nitrogens with one attached hydrogen (secondary N) is 1. The zero-order valence-electron chi connectivity index (χ0n) is 12.2. The van der Waals surface area contributed by atoms with Gasteiger partial charge in [0.2, 0.25) is 0 Å². The van der Waals surface area contributed by atoms with Crippen LogP contribution in [0.5, 0.6) is 0 Å². The van der Waals surface area contributed by atoms with Gasteiger partial charge in [0, 0.05) is 12.2 Å². The van der Waals surface area contributed by atoms with Crippen LogP contribution >= 0.6 is 0 Å². The van der Waals surface area contributed by atoms with Crippen molar-refractivity contribution in [3.05, 3.63) is 30.3 Å². The van der Waals surface area contributed by atoms with E-state index >= 15 is 0 Å². The normalized spacial score (nSPS) is 12.2. The summed E-state index contributed by atoms with van der Waals surface area (Å²) in [5, 5.41) is 3.68. The van der Waals surface area contributed by atoms with Gasteiger partial charge in [-0.15, -0.1) is 0 Å². The highest BCUT2D eigenvalue weighted by molar-refractivity contribution is 5.45. The summed E-state index contributed by atoms with van der Waals surface area (Å²) in [7, 11) is 0. The van der Waals surface area contributed by atoms with Crippen molar-refractivity contribution in [3.63, 3.8) is 0 Å². The second-order valence-corrected chi connectivity index (χ2v) is 6.17. The van der Waals surface area contributed by atoms with Crippen molar-refractivity contribution in [2.45, 2.75) is 46.1 Å². The van der Waals surface area contributed by atoms with E-state index in [-0.39, 0.29) is 5.54 Å². The van der Waals surface area contributed by atoms with E-state index in [1.807, 2.05) is 6.07 Å². The predicted octanol–water partition coefficient (Wildman–Crippen LogP) is 3.89. The molecule has 0 unspecified atom stereocenters. The Morgan fingerprint density at radius 2 is 1.50 bits per heavy atom. The average molecular weight is 248 g/mol. The Morgan fingerprint density at radius 3 is 1.89 bits per heavy atom. The first-order valence-corrected chi connectivity index (χ1v) is 7.01. The Morgan fingerprint density at radius 1 is 1.00 bits per heavy atom. The second-order valence-electron chi connectivity index (χ2n) is 6.17. The number of nitrogens with two attached hydrogens (primary N) is 1. The molecule has 0 aliphatic heterocycles. The van der Waals surface area contributed by atoms with E-state index in [9.17, 15) is 0 Å². The zero-order valence-corrected chi connectivity index (χ0v) is 12.2. The van der Waals surface area contributed by atoms with Gasteiger partial charge in [0.25, 0.3) is 0 Å². The maximum atomic E-state index is 6.09. The van der Waals surface area contributed by atoms with E-state index in [0.29, 0.717) is 18.4 Å². The van der Waals surface area contributed by atoms with E-state index in [2.05, 4.69) is 57.3 Å². The first-order chi connectivity index (χ1) is 8.47. The third kappa shape index (κ3) is 4.69. The molecule has 18 heavy (non-hydrogen) atoms. The lowest BCUT2D eigenvalue weighted by Gasteiger charge is -2.38. The minimum Gasteiger partial charge on any atom is -0.378 e. The van der Waals surface area contributed by atoms with Crippen molar-refractivity contribution in [2.75, 3.05) is 11.9 Å². The number of benzene rings is 1. The summed E-state index contributed by atoms with van der Waals surface area (Å²) in [6.07, 6.45) is 2.22. The molecular formula is C16H28N2. The van der Waals surface area contributed by atoms with Gasteiger partial charge >= 0.3 is 0 Å². The lowest BCUT2D eigenvalue weighted by Crippen LogP contribution is -2.47. The molecule has 0 heterocycles. The molecule has 0 atom stereocenters. The largest absolute Gasteiger partial charge is 0.378 e. The SMILES string of the molecule is CC(C)CC(CN)(CC(C)C)Nc1ccccc1. The summed E-state index contributed by atoms with van der Waals surface area (Å²) in [5.74, 6) is 1.28. The van der Waals surface area contributed by atoms with Crippen LogP contribution in [0.3, 0.4) is 0 Å². The molecule has 1 rings (SSSR count). The standard InChI is InChI=1S/C16H28N2/c1-13(2)10-16(12-17,11-14(3)4)18-15-8-6-5-7-9-15/h5-9,13-14,18H,10-12,17H2,1-4H3. The quantitative estimate of drug-likeness (QED) is 0.768. The average Bonchev–Trinajstić information content (AvgIpc) is 2.28. The van der Waals surface area contributed by atoms with Gasteiger partial charge in [0.05, 0.1) is 5.54 Å². The lowest BCUT2D eigenvalue weighted by atomic mass is 9.81. The second kappa shape index (κ2) is 6.79. The summed E-state index contributed by atoms with van der Waals surface area (Å²) in [5.41, 5.74) is 7.28. The minimum atomic E-state index is 0.0175. The number of rotatable bonds is 7. The first kappa shape index (κ1) is 15.0. The van der Waals surface area contributed by atoms with E-state index < -0.39 is 0 Å². The summed E-state index contributed by atoms with van der Waals surface area (Å²) >= 11 is 0. The molecule has 1 aromatic carbocycles. The van der Waals surface area contributed by atoms with Gasteiger partial charge < -0.3 is 11.1 Å². The van der Waals surface area contributed by atoms with Crippen molar-refractivity contribution < 1.29 is 0 Å². The lowest BCUT2D eigenvalue weighted by molar-refractivity contribution is 0.317. The van der Waals surface area contributed by atoms with Crippen LogP contribution in [0.15, 0.2) is 30.3 Å². The summed E-state index contributed by atoms with van der Waals surface area (Å²) in [6.45, 7) is 9.72. The molecule has 0 amide bonds. The van der Waals surface area contributed by atoms with Crippen LogP contribution in [0.2, 0.25) is 0 Å². The number of para-hydroxylation sites is 1. The van der Waals surface area contributed by atoms with Crippen LogP contribution in [0.25, 0.3) is 0 Å². The van der Waals surface area contributed by atoms with Gasteiger partial charge in [0.15, 0.2) is 0 Å². The van der Waals surface area contributed by atoms with Gasteiger partial charge in [-0.25, -0.2) is 0 Å². The number of anilines is 1. The van der Waals surface area contributed by atoms with Gasteiger partial charge in [-0.2, -0.15) is 0 Å². The fraction of sp³-hybridized carbons (Fsp3) is 0.625. The van der Waals surface area contributed by atoms with Crippen LogP contribution in [-0.4, -0.2) is 12.1 Å². The smallest absolute Gasteiger partial charge is 0.0500 e. The molecule has 0 saturated carbocycles. The molecule has 0 radical (unpaired) electrons. The topological polar surface area (TPSA) is 38.0 Å². The Balaban J connectivity index is 2.87. The molecular weight excluding hydrogens is 220 g/mol. The summed E-state index contributed by atoms with van der Waals surface area (Å²) in [6, 6.07) is 10.4. The van der Waals surface area contributed by atoms with E-state index in [4.69, 9.17) is 5.73 Å². The molecule has 0 spiro atoms. The van der Waals surface area contributed by atoms with Crippen molar-refractivity contribution >= 4 is 5.69 Å².